The van der Waals surface area contributed by atoms with Gasteiger partial charge in [0, 0.05) is 6.61 Å². The molecular weight excluding hydrogens is 260 g/mol. The lowest BCUT2D eigenvalue weighted by Gasteiger charge is -2.40. The van der Waals surface area contributed by atoms with Crippen molar-refractivity contribution in [3.05, 3.63) is 35.4 Å². The van der Waals surface area contributed by atoms with Crippen LogP contribution in [0.25, 0.3) is 0 Å². The molecule has 0 aromatic heterocycles. The standard InChI is InChI=1S/C19H26O2/c20-18(16-7-5-15(6-8-16)14-3-4-14)17-9-12-21-19(13-17)10-1-2-11-19/h5-8,14,17-18,20H,1-4,9-13H2. The molecule has 0 bridgehead atoms. The van der Waals surface area contributed by atoms with Crippen molar-refractivity contribution in [2.24, 2.45) is 5.92 Å². The fourth-order valence-electron chi connectivity index (χ4n) is 4.36. The van der Waals surface area contributed by atoms with Gasteiger partial charge in [-0.1, -0.05) is 37.1 Å². The normalized spacial score (nSPS) is 29.7. The molecule has 114 valence electrons. The van der Waals surface area contributed by atoms with Gasteiger partial charge in [-0.3, -0.25) is 0 Å². The zero-order valence-electron chi connectivity index (χ0n) is 12.8. The van der Waals surface area contributed by atoms with E-state index in [0.29, 0.717) is 5.92 Å². The van der Waals surface area contributed by atoms with Crippen LogP contribution < -0.4 is 0 Å². The molecule has 21 heavy (non-hydrogen) atoms. The zero-order chi connectivity index (χ0) is 14.3. The van der Waals surface area contributed by atoms with Crippen LogP contribution in [0.1, 0.15) is 74.5 Å². The maximum atomic E-state index is 10.8. The monoisotopic (exact) mass is 286 g/mol. The minimum Gasteiger partial charge on any atom is -0.388 e. The minimum atomic E-state index is -0.320. The topological polar surface area (TPSA) is 29.5 Å². The van der Waals surface area contributed by atoms with E-state index in [2.05, 4.69) is 24.3 Å². The third-order valence-electron chi connectivity index (χ3n) is 5.82. The minimum absolute atomic E-state index is 0.0951. The van der Waals surface area contributed by atoms with Gasteiger partial charge in [-0.05, 0) is 61.5 Å². The SMILES string of the molecule is OC(c1ccc(C2CC2)cc1)C1CCOC2(CCCC2)C1. The van der Waals surface area contributed by atoms with Crippen LogP contribution in [-0.2, 0) is 4.74 Å². The van der Waals surface area contributed by atoms with Crippen LogP contribution >= 0.6 is 0 Å². The largest absolute Gasteiger partial charge is 0.388 e. The smallest absolute Gasteiger partial charge is 0.0820 e. The van der Waals surface area contributed by atoms with Crippen LogP contribution in [-0.4, -0.2) is 17.3 Å². The summed E-state index contributed by atoms with van der Waals surface area (Å²) in [6.07, 6.45) is 9.35. The van der Waals surface area contributed by atoms with E-state index >= 15 is 0 Å². The van der Waals surface area contributed by atoms with E-state index in [0.717, 1.165) is 30.9 Å². The van der Waals surface area contributed by atoms with Gasteiger partial charge in [0.25, 0.3) is 0 Å². The van der Waals surface area contributed by atoms with Crippen LogP contribution in [0.4, 0.5) is 0 Å². The summed E-state index contributed by atoms with van der Waals surface area (Å²) < 4.78 is 6.09. The molecule has 1 spiro atoms. The van der Waals surface area contributed by atoms with Crippen molar-refractivity contribution < 1.29 is 9.84 Å². The summed E-state index contributed by atoms with van der Waals surface area (Å²) in [5.41, 5.74) is 2.64. The van der Waals surface area contributed by atoms with Crippen molar-refractivity contribution in [3.63, 3.8) is 0 Å². The molecule has 2 unspecified atom stereocenters. The Labute approximate surface area is 127 Å². The van der Waals surface area contributed by atoms with Crippen LogP contribution in [0.15, 0.2) is 24.3 Å². The molecule has 1 aromatic rings. The third kappa shape index (κ3) is 2.76. The number of benzene rings is 1. The van der Waals surface area contributed by atoms with Gasteiger partial charge < -0.3 is 9.84 Å². The lowest BCUT2D eigenvalue weighted by Crippen LogP contribution is -2.39. The lowest BCUT2D eigenvalue weighted by atomic mass is 9.80. The Balaban J connectivity index is 1.46. The Hall–Kier alpha value is -0.860. The van der Waals surface area contributed by atoms with Crippen LogP contribution in [0, 0.1) is 5.92 Å². The van der Waals surface area contributed by atoms with Gasteiger partial charge in [0.15, 0.2) is 0 Å². The molecule has 0 radical (unpaired) electrons. The summed E-state index contributed by atoms with van der Waals surface area (Å²) in [5, 5.41) is 10.8. The molecule has 1 heterocycles. The number of ether oxygens (including phenoxy) is 1. The first-order valence-electron chi connectivity index (χ1n) is 8.68. The summed E-state index contributed by atoms with van der Waals surface area (Å²) in [6, 6.07) is 8.74. The van der Waals surface area contributed by atoms with Crippen molar-refractivity contribution in [3.8, 4) is 0 Å². The molecule has 0 amide bonds. The Bertz CT molecular complexity index is 483. The Morgan fingerprint density at radius 3 is 2.43 bits per heavy atom. The van der Waals surface area contributed by atoms with Crippen LogP contribution in [0.5, 0.6) is 0 Å². The van der Waals surface area contributed by atoms with Crippen molar-refractivity contribution in [2.45, 2.75) is 69.0 Å². The summed E-state index contributed by atoms with van der Waals surface area (Å²) in [6.45, 7) is 0.821. The summed E-state index contributed by atoms with van der Waals surface area (Å²) in [7, 11) is 0. The maximum Gasteiger partial charge on any atom is 0.0820 e. The number of hydrogen-bond donors (Lipinski definition) is 1. The van der Waals surface area contributed by atoms with E-state index in [1.54, 1.807) is 0 Å². The van der Waals surface area contributed by atoms with Crippen molar-refractivity contribution in [2.75, 3.05) is 6.61 Å². The van der Waals surface area contributed by atoms with Crippen molar-refractivity contribution in [1.29, 1.82) is 0 Å². The van der Waals surface area contributed by atoms with E-state index in [4.69, 9.17) is 4.74 Å². The molecule has 2 atom stereocenters. The lowest BCUT2D eigenvalue weighted by molar-refractivity contribution is -0.113. The Kier molecular flexibility index (Phi) is 3.55. The zero-order valence-corrected chi connectivity index (χ0v) is 12.8. The summed E-state index contributed by atoms with van der Waals surface area (Å²) in [5.74, 6) is 1.16. The number of aliphatic hydroxyl groups is 1. The van der Waals surface area contributed by atoms with E-state index < -0.39 is 0 Å². The van der Waals surface area contributed by atoms with E-state index in [1.807, 2.05) is 0 Å². The Morgan fingerprint density at radius 1 is 1.05 bits per heavy atom. The molecular formula is C19H26O2. The molecule has 2 aliphatic carbocycles. The molecule has 2 nitrogen and oxygen atoms in total. The van der Waals surface area contributed by atoms with Gasteiger partial charge >= 0.3 is 0 Å². The molecule has 3 fully saturated rings. The Morgan fingerprint density at radius 2 is 1.76 bits per heavy atom. The molecule has 1 saturated heterocycles. The quantitative estimate of drug-likeness (QED) is 0.895. The highest BCUT2D eigenvalue weighted by Crippen LogP contribution is 2.45. The van der Waals surface area contributed by atoms with Gasteiger partial charge in [-0.25, -0.2) is 0 Å². The van der Waals surface area contributed by atoms with Crippen molar-refractivity contribution in [1.82, 2.24) is 0 Å². The van der Waals surface area contributed by atoms with Gasteiger partial charge in [0.2, 0.25) is 0 Å². The van der Waals surface area contributed by atoms with Crippen LogP contribution in [0.2, 0.25) is 0 Å². The summed E-state index contributed by atoms with van der Waals surface area (Å²) >= 11 is 0. The number of rotatable bonds is 3. The molecule has 3 aliphatic rings. The highest BCUT2D eigenvalue weighted by molar-refractivity contribution is 5.29. The fraction of sp³-hybridized carbons (Fsp3) is 0.684. The molecule has 2 heteroatoms. The average molecular weight is 286 g/mol. The predicted octanol–water partition coefficient (Wildman–Crippen LogP) is 4.34. The van der Waals surface area contributed by atoms with E-state index in [-0.39, 0.29) is 11.7 Å². The molecule has 1 N–H and O–H groups in total. The fourth-order valence-corrected chi connectivity index (χ4v) is 4.36. The van der Waals surface area contributed by atoms with Crippen LogP contribution in [0.3, 0.4) is 0 Å². The first-order valence-corrected chi connectivity index (χ1v) is 8.68. The second-order valence-corrected chi connectivity index (χ2v) is 7.38. The van der Waals surface area contributed by atoms with Gasteiger partial charge in [0.1, 0.15) is 0 Å². The first kappa shape index (κ1) is 13.8. The molecule has 2 saturated carbocycles. The van der Waals surface area contributed by atoms with E-state index in [9.17, 15) is 5.11 Å². The molecule has 4 rings (SSSR count). The number of aliphatic hydroxyl groups excluding tert-OH is 1. The highest BCUT2D eigenvalue weighted by atomic mass is 16.5. The molecule has 1 aliphatic heterocycles. The molecule has 1 aromatic carbocycles. The summed E-state index contributed by atoms with van der Waals surface area (Å²) in [4.78, 5) is 0. The predicted molar refractivity (Wildman–Crippen MR) is 83.3 cm³/mol. The van der Waals surface area contributed by atoms with Gasteiger partial charge in [-0.15, -0.1) is 0 Å². The van der Waals surface area contributed by atoms with Crippen molar-refractivity contribution >= 4 is 0 Å². The number of hydrogen-bond acceptors (Lipinski definition) is 2. The van der Waals surface area contributed by atoms with E-state index in [1.165, 1.54) is 44.1 Å². The average Bonchev–Trinajstić information content (AvgIpc) is 3.29. The second kappa shape index (κ2) is 5.40. The first-order chi connectivity index (χ1) is 10.3. The second-order valence-electron chi connectivity index (χ2n) is 7.38. The van der Waals surface area contributed by atoms with Gasteiger partial charge in [-0.2, -0.15) is 0 Å². The van der Waals surface area contributed by atoms with Gasteiger partial charge in [0.05, 0.1) is 11.7 Å². The highest BCUT2D eigenvalue weighted by Gasteiger charge is 2.42. The maximum absolute atomic E-state index is 10.8. The third-order valence-corrected chi connectivity index (χ3v) is 5.82.